The van der Waals surface area contributed by atoms with Crippen LogP contribution < -0.4 is 5.32 Å². The molecule has 2 N–H and O–H groups in total. The van der Waals surface area contributed by atoms with Crippen molar-refractivity contribution in [3.8, 4) is 0 Å². The van der Waals surface area contributed by atoms with Gasteiger partial charge in [0.25, 0.3) is 0 Å². The molecule has 1 aromatic carbocycles. The molecule has 3 heteroatoms. The molecule has 1 amide bonds. The van der Waals surface area contributed by atoms with E-state index in [1.165, 1.54) is 0 Å². The number of benzene rings is 1. The van der Waals surface area contributed by atoms with Crippen molar-refractivity contribution in [2.45, 2.75) is 25.4 Å². The van der Waals surface area contributed by atoms with Gasteiger partial charge in [-0.3, -0.25) is 4.79 Å². The van der Waals surface area contributed by atoms with Crippen LogP contribution in [-0.2, 0) is 4.79 Å². The molecule has 0 aromatic heterocycles. The van der Waals surface area contributed by atoms with E-state index in [1.807, 2.05) is 30.3 Å². The van der Waals surface area contributed by atoms with Crippen LogP contribution >= 0.6 is 0 Å². The Kier molecular flexibility index (Phi) is 4.53. The zero-order valence-electron chi connectivity index (χ0n) is 10.4. The third-order valence-electron chi connectivity index (χ3n) is 3.29. The Morgan fingerprint density at radius 1 is 1.33 bits per heavy atom. The molecule has 0 aliphatic heterocycles. The zero-order valence-corrected chi connectivity index (χ0v) is 10.4. The maximum absolute atomic E-state index is 11.9. The molecule has 1 aromatic rings. The summed E-state index contributed by atoms with van der Waals surface area (Å²) in [5.74, 6) is 0.118. The summed E-state index contributed by atoms with van der Waals surface area (Å²) in [4.78, 5) is 11.9. The Labute approximate surface area is 108 Å². The number of aliphatic hydroxyl groups is 1. The van der Waals surface area contributed by atoms with E-state index in [9.17, 15) is 9.90 Å². The molecule has 0 fully saturated rings. The molecule has 18 heavy (non-hydrogen) atoms. The lowest BCUT2D eigenvalue weighted by Gasteiger charge is -2.19. The van der Waals surface area contributed by atoms with Crippen LogP contribution in [0, 0.1) is 5.92 Å². The first-order chi connectivity index (χ1) is 8.77. The van der Waals surface area contributed by atoms with Crippen molar-refractivity contribution in [1.29, 1.82) is 0 Å². The van der Waals surface area contributed by atoms with Gasteiger partial charge in [-0.2, -0.15) is 0 Å². The summed E-state index contributed by atoms with van der Waals surface area (Å²) >= 11 is 0. The smallest absolute Gasteiger partial charge is 0.223 e. The van der Waals surface area contributed by atoms with Gasteiger partial charge in [0.2, 0.25) is 5.91 Å². The molecular weight excluding hydrogens is 226 g/mol. The van der Waals surface area contributed by atoms with E-state index in [2.05, 4.69) is 17.5 Å². The number of rotatable bonds is 4. The summed E-state index contributed by atoms with van der Waals surface area (Å²) in [6.07, 6.45) is 6.23. The molecule has 0 heterocycles. The maximum atomic E-state index is 11.9. The van der Waals surface area contributed by atoms with E-state index < -0.39 is 6.10 Å². The summed E-state index contributed by atoms with van der Waals surface area (Å²) < 4.78 is 0. The van der Waals surface area contributed by atoms with Crippen molar-refractivity contribution < 1.29 is 9.90 Å². The molecule has 0 radical (unpaired) electrons. The largest absolute Gasteiger partial charge is 0.387 e. The molecule has 1 aliphatic rings. The van der Waals surface area contributed by atoms with Crippen LogP contribution in [0.15, 0.2) is 42.5 Å². The Morgan fingerprint density at radius 2 is 2.11 bits per heavy atom. The highest BCUT2D eigenvalue weighted by atomic mass is 16.3. The first-order valence-electron chi connectivity index (χ1n) is 6.43. The predicted molar refractivity (Wildman–Crippen MR) is 70.9 cm³/mol. The molecule has 96 valence electrons. The Balaban J connectivity index is 1.80. The second kappa shape index (κ2) is 6.36. The fraction of sp³-hybridized carbons (Fsp3) is 0.400. The number of carbonyl (C=O) groups excluding carboxylic acids is 1. The minimum atomic E-state index is -0.630. The van der Waals surface area contributed by atoms with Crippen molar-refractivity contribution in [3.63, 3.8) is 0 Å². The van der Waals surface area contributed by atoms with Crippen LogP contribution in [0.2, 0.25) is 0 Å². The van der Waals surface area contributed by atoms with Gasteiger partial charge < -0.3 is 10.4 Å². The molecule has 2 rings (SSSR count). The number of hydrogen-bond donors (Lipinski definition) is 2. The summed E-state index contributed by atoms with van der Waals surface area (Å²) in [6, 6.07) is 9.39. The zero-order chi connectivity index (χ0) is 12.8. The number of hydrogen-bond acceptors (Lipinski definition) is 2. The number of allylic oxidation sites excluding steroid dienone is 2. The molecule has 1 aliphatic carbocycles. The van der Waals surface area contributed by atoms with Crippen molar-refractivity contribution in [2.75, 3.05) is 6.54 Å². The highest BCUT2D eigenvalue weighted by Gasteiger charge is 2.19. The van der Waals surface area contributed by atoms with E-state index in [0.717, 1.165) is 24.8 Å². The van der Waals surface area contributed by atoms with Gasteiger partial charge in [-0.25, -0.2) is 0 Å². The van der Waals surface area contributed by atoms with Gasteiger partial charge in [0.05, 0.1) is 6.10 Å². The van der Waals surface area contributed by atoms with Crippen molar-refractivity contribution in [3.05, 3.63) is 48.0 Å². The van der Waals surface area contributed by atoms with Crippen LogP contribution in [0.4, 0.5) is 0 Å². The summed E-state index contributed by atoms with van der Waals surface area (Å²) in [5, 5.41) is 12.8. The predicted octanol–water partition coefficient (Wildman–Crippen LogP) is 2.19. The van der Waals surface area contributed by atoms with E-state index in [-0.39, 0.29) is 18.4 Å². The molecule has 0 saturated carbocycles. The number of amides is 1. The van der Waals surface area contributed by atoms with E-state index in [4.69, 9.17) is 0 Å². The lowest BCUT2D eigenvalue weighted by molar-refractivity contribution is -0.125. The van der Waals surface area contributed by atoms with Crippen molar-refractivity contribution in [2.24, 2.45) is 5.92 Å². The highest BCUT2D eigenvalue weighted by molar-refractivity contribution is 5.79. The van der Waals surface area contributed by atoms with E-state index in [1.54, 1.807) is 0 Å². The Morgan fingerprint density at radius 3 is 2.78 bits per heavy atom. The summed E-state index contributed by atoms with van der Waals surface area (Å²) in [6.45, 7) is 0.281. The molecule has 0 unspecified atom stereocenters. The second-order valence-electron chi connectivity index (χ2n) is 4.65. The van der Waals surface area contributed by atoms with Gasteiger partial charge >= 0.3 is 0 Å². The molecule has 3 nitrogen and oxygen atoms in total. The monoisotopic (exact) mass is 245 g/mol. The first-order valence-corrected chi connectivity index (χ1v) is 6.43. The van der Waals surface area contributed by atoms with Gasteiger partial charge in [-0.05, 0) is 24.8 Å². The minimum absolute atomic E-state index is 0.0503. The highest BCUT2D eigenvalue weighted by Crippen LogP contribution is 2.18. The maximum Gasteiger partial charge on any atom is 0.223 e. The lowest BCUT2D eigenvalue weighted by Crippen LogP contribution is -2.34. The Hall–Kier alpha value is -1.61. The normalized spacial score (nSPS) is 20.4. The molecule has 0 bridgehead atoms. The van der Waals surface area contributed by atoms with Crippen LogP contribution in [0.5, 0.6) is 0 Å². The number of aliphatic hydroxyl groups excluding tert-OH is 1. The third-order valence-corrected chi connectivity index (χ3v) is 3.29. The number of nitrogens with one attached hydrogen (secondary N) is 1. The quantitative estimate of drug-likeness (QED) is 0.799. The van der Waals surface area contributed by atoms with Crippen LogP contribution in [0.25, 0.3) is 0 Å². The van der Waals surface area contributed by atoms with E-state index in [0.29, 0.717) is 0 Å². The standard InChI is InChI=1S/C15H19NO2/c17-14(12-7-3-1-4-8-12)11-16-15(18)13-9-5-2-6-10-13/h1-5,7-8,13-14,17H,6,9-11H2,(H,16,18)/t13-,14-/m0/s1. The molecule has 0 saturated heterocycles. The van der Waals surface area contributed by atoms with Crippen molar-refractivity contribution >= 4 is 5.91 Å². The molecule has 2 atom stereocenters. The minimum Gasteiger partial charge on any atom is -0.387 e. The van der Waals surface area contributed by atoms with Crippen LogP contribution in [0.1, 0.15) is 30.9 Å². The topological polar surface area (TPSA) is 49.3 Å². The van der Waals surface area contributed by atoms with Gasteiger partial charge in [0, 0.05) is 12.5 Å². The van der Waals surface area contributed by atoms with Gasteiger partial charge in [0.1, 0.15) is 0 Å². The van der Waals surface area contributed by atoms with Gasteiger partial charge in [0.15, 0.2) is 0 Å². The first kappa shape index (κ1) is 12.8. The van der Waals surface area contributed by atoms with Crippen LogP contribution in [-0.4, -0.2) is 17.6 Å². The van der Waals surface area contributed by atoms with Crippen molar-refractivity contribution in [1.82, 2.24) is 5.32 Å². The Bertz CT molecular complexity index is 414. The average Bonchev–Trinajstić information content (AvgIpc) is 2.46. The summed E-state index contributed by atoms with van der Waals surface area (Å²) in [7, 11) is 0. The molecule has 0 spiro atoms. The lowest BCUT2D eigenvalue weighted by atomic mass is 9.93. The fourth-order valence-electron chi connectivity index (χ4n) is 2.17. The molecular formula is C15H19NO2. The fourth-order valence-corrected chi connectivity index (χ4v) is 2.17. The number of carbonyl (C=O) groups is 1. The third kappa shape index (κ3) is 3.44. The average molecular weight is 245 g/mol. The van der Waals surface area contributed by atoms with Crippen LogP contribution in [0.3, 0.4) is 0 Å². The van der Waals surface area contributed by atoms with E-state index >= 15 is 0 Å². The summed E-state index contributed by atoms with van der Waals surface area (Å²) in [5.41, 5.74) is 0.835. The van der Waals surface area contributed by atoms with Gasteiger partial charge in [-0.15, -0.1) is 0 Å². The van der Waals surface area contributed by atoms with Gasteiger partial charge in [-0.1, -0.05) is 42.5 Å². The SMILES string of the molecule is O=C(NC[C@H](O)c1ccccc1)[C@H]1CC=CCC1. The second-order valence-corrected chi connectivity index (χ2v) is 4.65.